The van der Waals surface area contributed by atoms with Crippen LogP contribution in [0.15, 0.2) is 47.5 Å². The van der Waals surface area contributed by atoms with Crippen LogP contribution in [0.5, 0.6) is 0 Å². The maximum Gasteiger partial charge on any atom is 0.279 e. The van der Waals surface area contributed by atoms with Crippen molar-refractivity contribution in [3.05, 3.63) is 63.4 Å². The zero-order valence-corrected chi connectivity index (χ0v) is 13.9. The Labute approximate surface area is 137 Å². The van der Waals surface area contributed by atoms with E-state index in [1.54, 1.807) is 6.07 Å². The molecule has 1 amide bonds. The number of benzene rings is 2. The Hall–Kier alpha value is -1.91. The number of thiazole rings is 1. The summed E-state index contributed by atoms with van der Waals surface area (Å²) in [4.78, 5) is 17.4. The first kappa shape index (κ1) is 15.0. The van der Waals surface area contributed by atoms with Crippen LogP contribution in [-0.4, -0.2) is 10.5 Å². The van der Waals surface area contributed by atoms with E-state index in [-0.39, 0.29) is 5.91 Å². The lowest BCUT2D eigenvalue weighted by molar-refractivity contribution is 0.0998. The number of carbonyl (C=O) groups excluding carboxylic acids is 1. The largest absolute Gasteiger partial charge is 0.315 e. The zero-order valence-electron chi connectivity index (χ0n) is 12.3. The van der Waals surface area contributed by atoms with Crippen molar-refractivity contribution in [2.24, 2.45) is 4.99 Å². The first-order valence-electron chi connectivity index (χ1n) is 7.03. The topological polar surface area (TPSA) is 34.4 Å². The van der Waals surface area contributed by atoms with E-state index in [0.717, 1.165) is 15.8 Å². The predicted molar refractivity (Wildman–Crippen MR) is 91.6 cm³/mol. The lowest BCUT2D eigenvalue weighted by Gasteiger charge is -2.02. The van der Waals surface area contributed by atoms with Crippen LogP contribution in [0.1, 0.15) is 22.8 Å². The van der Waals surface area contributed by atoms with Gasteiger partial charge in [0.1, 0.15) is 0 Å². The van der Waals surface area contributed by atoms with Gasteiger partial charge in [-0.1, -0.05) is 46.7 Å². The van der Waals surface area contributed by atoms with Crippen LogP contribution >= 0.6 is 22.9 Å². The van der Waals surface area contributed by atoms with Gasteiger partial charge in [0.15, 0.2) is 4.80 Å². The fraction of sp³-hybridized carbons (Fsp3) is 0.176. The van der Waals surface area contributed by atoms with Gasteiger partial charge >= 0.3 is 0 Å². The van der Waals surface area contributed by atoms with E-state index in [9.17, 15) is 4.79 Å². The lowest BCUT2D eigenvalue weighted by atomic mass is 10.1. The molecule has 112 valence electrons. The number of hydrogen-bond acceptors (Lipinski definition) is 2. The summed E-state index contributed by atoms with van der Waals surface area (Å²) in [7, 11) is 0. The number of aromatic nitrogens is 1. The highest BCUT2D eigenvalue weighted by Gasteiger charge is 2.10. The monoisotopic (exact) mass is 330 g/mol. The Kier molecular flexibility index (Phi) is 4.14. The van der Waals surface area contributed by atoms with Gasteiger partial charge in [0.05, 0.1) is 15.2 Å². The highest BCUT2D eigenvalue weighted by molar-refractivity contribution is 7.16. The first-order valence-corrected chi connectivity index (χ1v) is 8.23. The van der Waals surface area contributed by atoms with Gasteiger partial charge in [0.2, 0.25) is 0 Å². The number of para-hydroxylation sites is 1. The molecule has 0 aliphatic heterocycles. The van der Waals surface area contributed by atoms with Crippen molar-refractivity contribution < 1.29 is 4.79 Å². The molecule has 22 heavy (non-hydrogen) atoms. The minimum Gasteiger partial charge on any atom is -0.315 e. The number of nitrogens with zero attached hydrogens (tertiary/aromatic N) is 2. The van der Waals surface area contributed by atoms with E-state index in [2.05, 4.69) is 4.99 Å². The van der Waals surface area contributed by atoms with Crippen LogP contribution in [0.25, 0.3) is 10.2 Å². The van der Waals surface area contributed by atoms with E-state index >= 15 is 0 Å². The van der Waals surface area contributed by atoms with E-state index in [0.29, 0.717) is 21.9 Å². The second kappa shape index (κ2) is 6.07. The van der Waals surface area contributed by atoms with Gasteiger partial charge in [-0.3, -0.25) is 4.79 Å². The normalized spacial score (nSPS) is 12.0. The second-order valence-corrected chi connectivity index (χ2v) is 6.42. The average molecular weight is 331 g/mol. The lowest BCUT2D eigenvalue weighted by Crippen LogP contribution is -2.16. The van der Waals surface area contributed by atoms with E-state index < -0.39 is 0 Å². The van der Waals surface area contributed by atoms with Gasteiger partial charge in [-0.25, -0.2) is 0 Å². The third kappa shape index (κ3) is 2.72. The minimum atomic E-state index is -0.228. The van der Waals surface area contributed by atoms with Crippen molar-refractivity contribution in [1.29, 1.82) is 0 Å². The van der Waals surface area contributed by atoms with Gasteiger partial charge in [0.25, 0.3) is 5.91 Å². The van der Waals surface area contributed by atoms with Crippen molar-refractivity contribution in [3.63, 3.8) is 0 Å². The van der Waals surface area contributed by atoms with E-state index in [4.69, 9.17) is 11.6 Å². The number of halogens is 1. The maximum absolute atomic E-state index is 12.4. The molecule has 0 saturated carbocycles. The molecular weight excluding hydrogens is 316 g/mol. The summed E-state index contributed by atoms with van der Waals surface area (Å²) in [6.07, 6.45) is 0. The van der Waals surface area contributed by atoms with Crippen LogP contribution < -0.4 is 4.80 Å². The van der Waals surface area contributed by atoms with Gasteiger partial charge in [-0.2, -0.15) is 4.99 Å². The third-order valence-electron chi connectivity index (χ3n) is 3.43. The minimum absolute atomic E-state index is 0.228. The van der Waals surface area contributed by atoms with Crippen molar-refractivity contribution in [1.82, 2.24) is 4.57 Å². The molecule has 0 aliphatic rings. The van der Waals surface area contributed by atoms with Crippen LogP contribution in [0.4, 0.5) is 0 Å². The summed E-state index contributed by atoms with van der Waals surface area (Å²) in [5.41, 5.74) is 2.59. The molecule has 0 N–H and O–H groups in total. The molecule has 0 unspecified atom stereocenters. The standard InChI is InChI=1S/C17H15ClN2OS/c1-3-20-15-13(18)8-5-9-14(15)22-17(20)19-16(21)12-7-4-6-11(2)10-12/h4-10H,3H2,1-2H3. The fourth-order valence-corrected chi connectivity index (χ4v) is 3.85. The molecule has 3 nitrogen and oxygen atoms in total. The fourth-order valence-electron chi connectivity index (χ4n) is 2.40. The number of hydrogen-bond donors (Lipinski definition) is 0. The van der Waals surface area contributed by atoms with Crippen LogP contribution in [-0.2, 0) is 6.54 Å². The Bertz CT molecular complexity index is 924. The molecule has 3 aromatic rings. The molecule has 0 atom stereocenters. The Morgan fingerprint density at radius 1 is 1.27 bits per heavy atom. The van der Waals surface area contributed by atoms with Crippen molar-refractivity contribution in [2.45, 2.75) is 20.4 Å². The SMILES string of the molecule is CCn1c(=NC(=O)c2cccc(C)c2)sc2cccc(Cl)c21. The quantitative estimate of drug-likeness (QED) is 0.684. The molecule has 0 saturated heterocycles. The van der Waals surface area contributed by atoms with Crippen molar-refractivity contribution in [3.8, 4) is 0 Å². The van der Waals surface area contributed by atoms with Gasteiger partial charge < -0.3 is 4.57 Å². The van der Waals surface area contributed by atoms with Crippen LogP contribution in [0, 0.1) is 6.92 Å². The van der Waals surface area contributed by atoms with E-state index in [1.807, 2.05) is 54.8 Å². The number of aryl methyl sites for hydroxylation is 2. The summed E-state index contributed by atoms with van der Waals surface area (Å²) >= 11 is 7.77. The second-order valence-electron chi connectivity index (χ2n) is 5.00. The highest BCUT2D eigenvalue weighted by atomic mass is 35.5. The van der Waals surface area contributed by atoms with Gasteiger partial charge in [0, 0.05) is 12.1 Å². The molecule has 0 spiro atoms. The maximum atomic E-state index is 12.4. The molecule has 0 fully saturated rings. The zero-order chi connectivity index (χ0) is 15.7. The van der Waals surface area contributed by atoms with Crippen molar-refractivity contribution >= 4 is 39.1 Å². The third-order valence-corrected chi connectivity index (χ3v) is 4.78. The van der Waals surface area contributed by atoms with Crippen LogP contribution in [0.2, 0.25) is 5.02 Å². The number of amides is 1. The molecule has 1 heterocycles. The highest BCUT2D eigenvalue weighted by Crippen LogP contribution is 2.25. The predicted octanol–water partition coefficient (Wildman–Crippen LogP) is 4.43. The molecule has 0 bridgehead atoms. The number of rotatable bonds is 2. The summed E-state index contributed by atoms with van der Waals surface area (Å²) in [5.74, 6) is -0.228. The Balaban J connectivity index is 2.17. The first-order chi connectivity index (χ1) is 10.6. The molecule has 1 aromatic heterocycles. The summed E-state index contributed by atoms with van der Waals surface area (Å²) in [6.45, 7) is 4.69. The molecule has 0 radical (unpaired) electrons. The molecular formula is C17H15ClN2OS. The average Bonchev–Trinajstić information content (AvgIpc) is 2.85. The molecule has 3 rings (SSSR count). The molecule has 5 heteroatoms. The summed E-state index contributed by atoms with van der Waals surface area (Å²) in [5, 5.41) is 0.681. The molecule has 2 aromatic carbocycles. The number of carbonyl (C=O) groups is 1. The van der Waals surface area contributed by atoms with Gasteiger partial charge in [-0.05, 0) is 38.1 Å². The summed E-state index contributed by atoms with van der Waals surface area (Å²) in [6, 6.07) is 13.2. The summed E-state index contributed by atoms with van der Waals surface area (Å²) < 4.78 is 3.01. The van der Waals surface area contributed by atoms with E-state index in [1.165, 1.54) is 11.3 Å². The van der Waals surface area contributed by atoms with Gasteiger partial charge in [-0.15, -0.1) is 0 Å². The van der Waals surface area contributed by atoms with Crippen molar-refractivity contribution in [2.75, 3.05) is 0 Å². The number of fused-ring (bicyclic) bond motifs is 1. The molecule has 0 aliphatic carbocycles. The Morgan fingerprint density at radius 3 is 2.77 bits per heavy atom. The van der Waals surface area contributed by atoms with Crippen LogP contribution in [0.3, 0.4) is 0 Å². The Morgan fingerprint density at radius 2 is 2.05 bits per heavy atom. The smallest absolute Gasteiger partial charge is 0.279 e.